The minimum atomic E-state index is -7.43. The monoisotopic (exact) mass is 368 g/mol. The van der Waals surface area contributed by atoms with E-state index in [9.17, 15) is 52.5 Å². The van der Waals surface area contributed by atoms with E-state index in [0.29, 0.717) is 0 Å². The molecule has 1 rings (SSSR count). The number of hydrogen-bond donors (Lipinski definition) is 1. The van der Waals surface area contributed by atoms with Crippen molar-refractivity contribution in [3.8, 4) is 0 Å². The first kappa shape index (κ1) is 20.5. The Bertz CT molecular complexity index is 549. The van der Waals surface area contributed by atoms with Crippen LogP contribution in [0.3, 0.4) is 0 Å². The highest BCUT2D eigenvalue weighted by Gasteiger charge is 2.83. The molecule has 0 aliphatic carbocycles. The van der Waals surface area contributed by atoms with Crippen LogP contribution in [0.25, 0.3) is 0 Å². The average Bonchev–Trinajstić information content (AvgIpc) is 2.83. The summed E-state index contributed by atoms with van der Waals surface area (Å²) in [5, 5.41) is -7.11. The maximum atomic E-state index is 12.2. The van der Waals surface area contributed by atoms with E-state index in [0.717, 1.165) is 0 Å². The van der Waals surface area contributed by atoms with Crippen LogP contribution >= 0.6 is 0 Å². The molecule has 1 aromatic rings. The number of aromatic nitrogens is 2. The molecule has 0 aliphatic heterocycles. The van der Waals surface area contributed by atoms with Crippen LogP contribution < -0.4 is 4.98 Å². The number of H-pyrrole nitrogens is 2. The molecule has 1 heterocycles. The van der Waals surface area contributed by atoms with Crippen LogP contribution in [0.5, 0.6) is 0 Å². The number of imidazole rings is 1. The summed E-state index contributed by atoms with van der Waals surface area (Å²) in [7, 11) is -7.42. The predicted molar refractivity (Wildman–Crippen MR) is 47.9 cm³/mol. The lowest BCUT2D eigenvalue weighted by molar-refractivity contribution is -0.382. The molecule has 0 saturated heterocycles. The first-order valence-corrected chi connectivity index (χ1v) is 6.05. The molecule has 0 atom stereocenters. The first-order valence-electron chi connectivity index (χ1n) is 4.64. The van der Waals surface area contributed by atoms with Crippen molar-refractivity contribution in [3.63, 3.8) is 0 Å². The highest BCUT2D eigenvalue weighted by atomic mass is 32.2. The Hall–Kier alpha value is -1.51. The molecule has 0 fully saturated rings. The van der Waals surface area contributed by atoms with Gasteiger partial charge in [-0.05, 0) is 0 Å². The molecule has 0 amide bonds. The molecule has 130 valence electrons. The molecule has 1 aromatic heterocycles. The standard InChI is InChI=1S/C4HF9O3S.C3H4N2/c5-1(6,3(9,10)11)2(7,8)4(12,13)17(14,15)16;1-2-5-3-4-1/h(H,14,15,16);1-3H,(H,4,5). The van der Waals surface area contributed by atoms with Crippen molar-refractivity contribution in [2.24, 2.45) is 0 Å². The molecule has 0 aromatic carbocycles. The molecule has 0 aliphatic rings. The van der Waals surface area contributed by atoms with Gasteiger partial charge in [-0.25, -0.2) is 8.42 Å². The molecule has 0 spiro atoms. The maximum Gasteiger partial charge on any atom is 0.460 e. The van der Waals surface area contributed by atoms with Gasteiger partial charge in [-0.3, -0.25) is 9.97 Å². The van der Waals surface area contributed by atoms with Gasteiger partial charge < -0.3 is 4.55 Å². The van der Waals surface area contributed by atoms with E-state index >= 15 is 0 Å². The van der Waals surface area contributed by atoms with Crippen molar-refractivity contribution in [1.82, 2.24) is 4.98 Å². The smallest absolute Gasteiger partial charge is 0.460 e. The van der Waals surface area contributed by atoms with Crippen LogP contribution in [-0.2, 0) is 10.1 Å². The number of halogens is 9. The van der Waals surface area contributed by atoms with Gasteiger partial charge in [-0.1, -0.05) is 0 Å². The van der Waals surface area contributed by atoms with Crippen molar-refractivity contribution in [1.29, 1.82) is 0 Å². The van der Waals surface area contributed by atoms with Gasteiger partial charge in [0.15, 0.2) is 10.1 Å². The van der Waals surface area contributed by atoms with Crippen molar-refractivity contribution in [2.75, 3.05) is 0 Å². The Morgan fingerprint density at radius 3 is 1.55 bits per heavy atom. The molecular formula is C7H5F9N2O3S. The summed E-state index contributed by atoms with van der Waals surface area (Å²) >= 11 is 0. The van der Waals surface area contributed by atoms with Crippen molar-refractivity contribution in [3.05, 3.63) is 18.7 Å². The Kier molecular flexibility index (Phi) is 5.53. The molecule has 15 heteroatoms. The number of aromatic amines is 2. The van der Waals surface area contributed by atoms with E-state index in [2.05, 4.69) is 9.97 Å². The molecule has 0 unspecified atom stereocenters. The molecular weight excluding hydrogens is 363 g/mol. The zero-order valence-corrected chi connectivity index (χ0v) is 10.6. The van der Waals surface area contributed by atoms with Gasteiger partial charge >= 0.3 is 23.3 Å². The Morgan fingerprint density at radius 1 is 0.909 bits per heavy atom. The predicted octanol–water partition coefficient (Wildman–Crippen LogP) is 1.79. The summed E-state index contributed by atoms with van der Waals surface area (Å²) in [5.74, 6) is -14.8. The van der Waals surface area contributed by atoms with Gasteiger partial charge in [0.05, 0.1) is 0 Å². The van der Waals surface area contributed by atoms with Crippen molar-refractivity contribution in [2.45, 2.75) is 23.3 Å². The summed E-state index contributed by atoms with van der Waals surface area (Å²) in [6.45, 7) is 0. The fourth-order valence-electron chi connectivity index (χ4n) is 0.758. The Morgan fingerprint density at radius 2 is 1.36 bits per heavy atom. The minimum Gasteiger partial charge on any atom is -0.743 e. The molecule has 22 heavy (non-hydrogen) atoms. The third-order valence-corrected chi connectivity index (χ3v) is 2.76. The molecule has 2 N–H and O–H groups in total. The molecule has 0 bridgehead atoms. The lowest BCUT2D eigenvalue weighted by Crippen LogP contribution is -2.63. The van der Waals surface area contributed by atoms with Crippen LogP contribution in [0.1, 0.15) is 0 Å². The molecule has 0 radical (unpaired) electrons. The third kappa shape index (κ3) is 3.63. The second-order valence-corrected chi connectivity index (χ2v) is 4.85. The fourth-order valence-corrected chi connectivity index (χ4v) is 1.20. The van der Waals surface area contributed by atoms with Gasteiger partial charge in [0.25, 0.3) is 0 Å². The number of nitrogens with one attached hydrogen (secondary N) is 2. The lowest BCUT2D eigenvalue weighted by Gasteiger charge is -2.34. The summed E-state index contributed by atoms with van der Waals surface area (Å²) in [4.78, 5) is 5.61. The van der Waals surface area contributed by atoms with Gasteiger partial charge in [-0.15, -0.1) is 0 Å². The highest BCUT2D eigenvalue weighted by molar-refractivity contribution is 7.86. The van der Waals surface area contributed by atoms with Crippen LogP contribution in [0.2, 0.25) is 0 Å². The van der Waals surface area contributed by atoms with E-state index in [1.54, 1.807) is 6.33 Å². The van der Waals surface area contributed by atoms with E-state index < -0.39 is 33.4 Å². The lowest BCUT2D eigenvalue weighted by atomic mass is 10.1. The van der Waals surface area contributed by atoms with Gasteiger partial charge in [0.2, 0.25) is 6.33 Å². The van der Waals surface area contributed by atoms with E-state index in [1.165, 1.54) is 0 Å². The van der Waals surface area contributed by atoms with Gasteiger partial charge in [0, 0.05) is 0 Å². The van der Waals surface area contributed by atoms with Crippen LogP contribution in [0.15, 0.2) is 18.7 Å². The Balaban J connectivity index is 0.000000734. The molecule has 5 nitrogen and oxygen atoms in total. The minimum absolute atomic E-state index is 1.75. The van der Waals surface area contributed by atoms with Gasteiger partial charge in [0.1, 0.15) is 12.4 Å². The third-order valence-electron chi connectivity index (χ3n) is 1.87. The zero-order chi connectivity index (χ0) is 18.0. The molecule has 0 saturated carbocycles. The second kappa shape index (κ2) is 5.94. The number of hydrogen-bond acceptors (Lipinski definition) is 3. The highest BCUT2D eigenvalue weighted by Crippen LogP contribution is 2.54. The average molecular weight is 368 g/mol. The fraction of sp³-hybridized carbons (Fsp3) is 0.571. The van der Waals surface area contributed by atoms with E-state index in [-0.39, 0.29) is 0 Å². The quantitative estimate of drug-likeness (QED) is 0.652. The topological polar surface area (TPSA) is 87.1 Å². The van der Waals surface area contributed by atoms with Crippen LogP contribution in [0, 0.1) is 0 Å². The van der Waals surface area contributed by atoms with Crippen molar-refractivity contribution >= 4 is 10.1 Å². The SMILES string of the molecule is O=S(=O)([O-])C(F)(F)C(F)(F)C(F)(F)C(F)(F)F.c1c[nH+]c[nH]1. The summed E-state index contributed by atoms with van der Waals surface area (Å²) in [6.07, 6.45) is -1.77. The number of rotatable bonds is 3. The zero-order valence-electron chi connectivity index (χ0n) is 9.77. The first-order chi connectivity index (χ1) is 9.50. The summed E-state index contributed by atoms with van der Waals surface area (Å²) in [6, 6.07) is 0. The summed E-state index contributed by atoms with van der Waals surface area (Å²) in [5.41, 5.74) is 0. The number of alkyl halides is 9. The van der Waals surface area contributed by atoms with Gasteiger partial charge in [-0.2, -0.15) is 39.5 Å². The largest absolute Gasteiger partial charge is 0.743 e. The summed E-state index contributed by atoms with van der Waals surface area (Å²) < 4.78 is 135. The van der Waals surface area contributed by atoms with E-state index in [4.69, 9.17) is 0 Å². The van der Waals surface area contributed by atoms with Crippen molar-refractivity contribution < 1.29 is 57.5 Å². The Labute approximate surface area is 115 Å². The van der Waals surface area contributed by atoms with Crippen LogP contribution in [0.4, 0.5) is 39.5 Å². The van der Waals surface area contributed by atoms with Crippen LogP contribution in [-0.4, -0.2) is 41.2 Å². The maximum absolute atomic E-state index is 12.2. The second-order valence-electron chi connectivity index (χ2n) is 3.43. The van der Waals surface area contributed by atoms with E-state index in [1.807, 2.05) is 12.4 Å². The normalized spacial score (nSPS) is 14.3.